The molecule has 0 amide bonds. The van der Waals surface area contributed by atoms with E-state index in [1.165, 1.54) is 0 Å². The summed E-state index contributed by atoms with van der Waals surface area (Å²) >= 11 is 0. The molecule has 0 fully saturated rings. The van der Waals surface area contributed by atoms with Gasteiger partial charge in [-0.2, -0.15) is 5.10 Å². The van der Waals surface area contributed by atoms with Gasteiger partial charge in [0.05, 0.1) is 11.2 Å². The Morgan fingerprint density at radius 1 is 0.767 bits per heavy atom. The highest BCUT2D eigenvalue weighted by Gasteiger charge is 2.19. The minimum Gasteiger partial charge on any atom is -0.385 e. The normalized spacial score (nSPS) is 10.9. The third kappa shape index (κ3) is 3.53. The fourth-order valence-corrected chi connectivity index (χ4v) is 3.74. The molecular formula is C25H21N5. The van der Waals surface area contributed by atoms with Gasteiger partial charge in [-0.25, -0.2) is 0 Å². The summed E-state index contributed by atoms with van der Waals surface area (Å²) in [5.74, 6) is 0. The van der Waals surface area contributed by atoms with E-state index in [9.17, 15) is 0 Å². The van der Waals surface area contributed by atoms with Crippen LogP contribution in [0.1, 0.15) is 5.69 Å². The number of nitrogens with one attached hydrogen (secondary N) is 2. The number of para-hydroxylation sites is 2. The van der Waals surface area contributed by atoms with Crippen LogP contribution in [0, 0.1) is 0 Å². The van der Waals surface area contributed by atoms with Gasteiger partial charge in [0.15, 0.2) is 0 Å². The molecule has 0 aliphatic rings. The first-order valence-corrected chi connectivity index (χ1v) is 10.0. The van der Waals surface area contributed by atoms with Crippen molar-refractivity contribution in [2.75, 3.05) is 11.9 Å². The standard InChI is InChI=1S/C25H21N5/c1-2-8-18(9-3-1)26-17-14-22-24(25(30-29-22)23-12-6-7-15-27-23)20-13-16-28-21-11-5-4-10-19(20)21/h1-13,15-16,26H,14,17H2,(H,29,30). The quantitative estimate of drug-likeness (QED) is 0.410. The van der Waals surface area contributed by atoms with Crippen LogP contribution in [-0.2, 0) is 6.42 Å². The minimum atomic E-state index is 0.796. The van der Waals surface area contributed by atoms with Gasteiger partial charge in [0.25, 0.3) is 0 Å². The number of hydrogen-bond donors (Lipinski definition) is 2. The molecule has 5 aromatic rings. The molecule has 146 valence electrons. The predicted molar refractivity (Wildman–Crippen MR) is 121 cm³/mol. The van der Waals surface area contributed by atoms with Crippen molar-refractivity contribution in [2.45, 2.75) is 6.42 Å². The first-order chi connectivity index (χ1) is 14.9. The number of benzene rings is 2. The molecule has 0 spiro atoms. The molecule has 0 aliphatic heterocycles. The fourth-order valence-electron chi connectivity index (χ4n) is 3.74. The number of aromatic amines is 1. The molecule has 0 bridgehead atoms. The zero-order valence-corrected chi connectivity index (χ0v) is 16.4. The number of pyridine rings is 2. The van der Waals surface area contributed by atoms with E-state index in [0.717, 1.165) is 57.8 Å². The van der Waals surface area contributed by atoms with Crippen molar-refractivity contribution in [1.82, 2.24) is 20.2 Å². The van der Waals surface area contributed by atoms with Crippen LogP contribution in [0.4, 0.5) is 5.69 Å². The Bertz CT molecular complexity index is 1260. The van der Waals surface area contributed by atoms with Gasteiger partial charge in [0.2, 0.25) is 0 Å². The Kier molecular flexibility index (Phi) is 4.92. The van der Waals surface area contributed by atoms with Gasteiger partial charge < -0.3 is 5.32 Å². The summed E-state index contributed by atoms with van der Waals surface area (Å²) in [5, 5.41) is 12.5. The lowest BCUT2D eigenvalue weighted by Crippen LogP contribution is -2.06. The van der Waals surface area contributed by atoms with Crippen LogP contribution in [0.15, 0.2) is 91.3 Å². The zero-order chi connectivity index (χ0) is 20.2. The van der Waals surface area contributed by atoms with E-state index in [4.69, 9.17) is 0 Å². The van der Waals surface area contributed by atoms with Crippen LogP contribution < -0.4 is 5.32 Å². The third-order valence-electron chi connectivity index (χ3n) is 5.15. The summed E-state index contributed by atoms with van der Waals surface area (Å²) in [6, 6.07) is 26.4. The summed E-state index contributed by atoms with van der Waals surface area (Å²) in [6.07, 6.45) is 4.47. The van der Waals surface area contributed by atoms with Crippen molar-refractivity contribution < 1.29 is 0 Å². The van der Waals surface area contributed by atoms with E-state index in [2.05, 4.69) is 49.7 Å². The summed E-state index contributed by atoms with van der Waals surface area (Å²) in [7, 11) is 0. The Labute approximate surface area is 174 Å². The van der Waals surface area contributed by atoms with Crippen LogP contribution >= 0.6 is 0 Å². The van der Waals surface area contributed by atoms with Crippen molar-refractivity contribution in [3.05, 3.63) is 97.0 Å². The second-order valence-electron chi connectivity index (χ2n) is 7.06. The first kappa shape index (κ1) is 18.1. The van der Waals surface area contributed by atoms with Crippen LogP contribution in [0.5, 0.6) is 0 Å². The molecule has 3 aromatic heterocycles. The molecule has 0 aliphatic carbocycles. The zero-order valence-electron chi connectivity index (χ0n) is 16.4. The molecule has 5 heteroatoms. The van der Waals surface area contributed by atoms with Gasteiger partial charge in [-0.1, -0.05) is 42.5 Å². The Morgan fingerprint density at radius 2 is 1.60 bits per heavy atom. The minimum absolute atomic E-state index is 0.796. The topological polar surface area (TPSA) is 66.5 Å². The van der Waals surface area contributed by atoms with Crippen molar-refractivity contribution in [1.29, 1.82) is 0 Å². The van der Waals surface area contributed by atoms with Crippen molar-refractivity contribution in [3.63, 3.8) is 0 Å². The molecule has 5 rings (SSSR count). The highest BCUT2D eigenvalue weighted by molar-refractivity contribution is 5.98. The summed E-state index contributed by atoms with van der Waals surface area (Å²) in [6.45, 7) is 0.796. The monoisotopic (exact) mass is 391 g/mol. The van der Waals surface area contributed by atoms with E-state index in [-0.39, 0.29) is 0 Å². The highest BCUT2D eigenvalue weighted by atomic mass is 15.1. The van der Waals surface area contributed by atoms with Crippen LogP contribution in [-0.4, -0.2) is 26.7 Å². The van der Waals surface area contributed by atoms with E-state index in [1.54, 1.807) is 6.20 Å². The number of rotatable bonds is 6. The lowest BCUT2D eigenvalue weighted by molar-refractivity contribution is 0.931. The van der Waals surface area contributed by atoms with Crippen LogP contribution in [0.3, 0.4) is 0 Å². The average Bonchev–Trinajstić information content (AvgIpc) is 3.23. The number of anilines is 1. The van der Waals surface area contributed by atoms with Crippen molar-refractivity contribution >= 4 is 16.6 Å². The molecule has 2 N–H and O–H groups in total. The third-order valence-corrected chi connectivity index (χ3v) is 5.15. The van der Waals surface area contributed by atoms with Gasteiger partial charge >= 0.3 is 0 Å². The lowest BCUT2D eigenvalue weighted by atomic mass is 9.96. The van der Waals surface area contributed by atoms with E-state index in [1.807, 2.05) is 60.8 Å². The lowest BCUT2D eigenvalue weighted by Gasteiger charge is -2.10. The molecule has 3 heterocycles. The molecule has 30 heavy (non-hydrogen) atoms. The van der Waals surface area contributed by atoms with Crippen molar-refractivity contribution in [3.8, 4) is 22.5 Å². The van der Waals surface area contributed by atoms with E-state index < -0.39 is 0 Å². The number of fused-ring (bicyclic) bond motifs is 1. The largest absolute Gasteiger partial charge is 0.385 e. The average molecular weight is 391 g/mol. The van der Waals surface area contributed by atoms with Gasteiger partial charge in [-0.05, 0) is 42.0 Å². The Hall–Kier alpha value is -3.99. The number of nitrogens with zero attached hydrogens (tertiary/aromatic N) is 3. The fraction of sp³-hybridized carbons (Fsp3) is 0.0800. The van der Waals surface area contributed by atoms with E-state index >= 15 is 0 Å². The maximum absolute atomic E-state index is 4.66. The second kappa shape index (κ2) is 8.17. The molecule has 0 radical (unpaired) electrons. The number of H-pyrrole nitrogens is 1. The predicted octanol–water partition coefficient (Wildman–Crippen LogP) is 5.34. The molecule has 0 saturated carbocycles. The number of aromatic nitrogens is 4. The summed E-state index contributed by atoms with van der Waals surface area (Å²) < 4.78 is 0. The Morgan fingerprint density at radius 3 is 2.47 bits per heavy atom. The van der Waals surface area contributed by atoms with Crippen LogP contribution in [0.25, 0.3) is 33.4 Å². The van der Waals surface area contributed by atoms with Gasteiger partial charge in [0.1, 0.15) is 5.69 Å². The smallest absolute Gasteiger partial charge is 0.119 e. The highest BCUT2D eigenvalue weighted by Crippen LogP contribution is 2.36. The summed E-state index contributed by atoms with van der Waals surface area (Å²) in [5.41, 5.74) is 7.07. The van der Waals surface area contributed by atoms with Crippen LogP contribution in [0.2, 0.25) is 0 Å². The molecule has 2 aromatic carbocycles. The number of hydrogen-bond acceptors (Lipinski definition) is 4. The molecule has 5 nitrogen and oxygen atoms in total. The molecule has 0 unspecified atom stereocenters. The maximum Gasteiger partial charge on any atom is 0.119 e. The first-order valence-electron chi connectivity index (χ1n) is 10.0. The molecule has 0 atom stereocenters. The molecular weight excluding hydrogens is 370 g/mol. The van der Waals surface area contributed by atoms with Gasteiger partial charge in [0, 0.05) is 47.7 Å². The SMILES string of the molecule is c1ccc(NCCc2[nH]nc(-c3ccccn3)c2-c2ccnc3ccccc23)cc1. The summed E-state index contributed by atoms with van der Waals surface area (Å²) in [4.78, 5) is 9.07. The van der Waals surface area contributed by atoms with Gasteiger partial charge in [-0.15, -0.1) is 0 Å². The maximum atomic E-state index is 4.66. The molecule has 0 saturated heterocycles. The Balaban J connectivity index is 1.57. The van der Waals surface area contributed by atoms with Gasteiger partial charge in [-0.3, -0.25) is 15.1 Å². The van der Waals surface area contributed by atoms with E-state index in [0.29, 0.717) is 0 Å². The van der Waals surface area contributed by atoms with Crippen molar-refractivity contribution in [2.24, 2.45) is 0 Å². The second-order valence-corrected chi connectivity index (χ2v) is 7.06.